The number of nitrogens with zero attached hydrogens (tertiary/aromatic N) is 4. The number of ether oxygens (including phenoxy) is 1. The van der Waals surface area contributed by atoms with Crippen molar-refractivity contribution in [1.82, 2.24) is 29.7 Å². The summed E-state index contributed by atoms with van der Waals surface area (Å²) in [5.41, 5.74) is 2.10. The van der Waals surface area contributed by atoms with Gasteiger partial charge in [0.1, 0.15) is 0 Å². The summed E-state index contributed by atoms with van der Waals surface area (Å²) in [7, 11) is 0. The highest BCUT2D eigenvalue weighted by atomic mass is 35.5. The summed E-state index contributed by atoms with van der Waals surface area (Å²) >= 11 is 6.34. The maximum Gasteiger partial charge on any atom is 0.228 e. The number of hydrogen-bond donors (Lipinski definition) is 2. The van der Waals surface area contributed by atoms with Crippen LogP contribution in [-0.2, 0) is 37.6 Å². The normalized spacial score (nSPS) is 24.6. The van der Waals surface area contributed by atoms with E-state index < -0.39 is 17.4 Å². The fourth-order valence-electron chi connectivity index (χ4n) is 6.76. The number of aromatic amines is 1. The Balaban J connectivity index is 1.26. The lowest BCUT2D eigenvalue weighted by atomic mass is 9.67. The van der Waals surface area contributed by atoms with E-state index in [9.17, 15) is 14.4 Å². The van der Waals surface area contributed by atoms with Crippen molar-refractivity contribution in [2.24, 2.45) is 11.8 Å². The first-order chi connectivity index (χ1) is 19.4. The first-order valence-corrected chi connectivity index (χ1v) is 14.4. The van der Waals surface area contributed by atoms with Crippen LogP contribution in [-0.4, -0.2) is 81.4 Å². The van der Waals surface area contributed by atoms with Gasteiger partial charge in [0.05, 0.1) is 31.0 Å². The van der Waals surface area contributed by atoms with Crippen molar-refractivity contribution in [2.45, 2.75) is 44.7 Å². The Bertz CT molecular complexity index is 1420. The summed E-state index contributed by atoms with van der Waals surface area (Å²) in [5.74, 6) is -1.27. The van der Waals surface area contributed by atoms with Crippen molar-refractivity contribution in [1.29, 1.82) is 0 Å². The molecule has 40 heavy (non-hydrogen) atoms. The Labute approximate surface area is 238 Å². The molecule has 0 unspecified atom stereocenters. The number of aryl methyl sites for hydroxylation is 1. The Kier molecular flexibility index (Phi) is 7.31. The van der Waals surface area contributed by atoms with Crippen molar-refractivity contribution in [3.63, 3.8) is 0 Å². The quantitative estimate of drug-likeness (QED) is 0.427. The Hall–Kier alpha value is -3.37. The van der Waals surface area contributed by atoms with Gasteiger partial charge in [-0.3, -0.25) is 14.4 Å². The molecule has 6 rings (SSSR count). The Morgan fingerprint density at radius 1 is 1.25 bits per heavy atom. The van der Waals surface area contributed by atoms with Crippen LogP contribution in [0.3, 0.4) is 0 Å². The van der Waals surface area contributed by atoms with E-state index in [1.807, 2.05) is 45.7 Å². The van der Waals surface area contributed by atoms with E-state index >= 15 is 0 Å². The van der Waals surface area contributed by atoms with Gasteiger partial charge in [0.2, 0.25) is 17.7 Å². The number of rotatable bonds is 7. The number of aromatic nitrogens is 3. The number of carbonyl (C=O) groups is 3. The fourth-order valence-corrected chi connectivity index (χ4v) is 6.93. The molecular weight excluding hydrogens is 532 g/mol. The molecule has 0 spiro atoms. The number of morpholine rings is 1. The van der Waals surface area contributed by atoms with E-state index in [2.05, 4.69) is 15.3 Å². The van der Waals surface area contributed by atoms with Gasteiger partial charge in [-0.1, -0.05) is 11.6 Å². The molecule has 11 heteroatoms. The zero-order chi connectivity index (χ0) is 27.9. The van der Waals surface area contributed by atoms with Gasteiger partial charge in [0.15, 0.2) is 0 Å². The Morgan fingerprint density at radius 2 is 2.08 bits per heavy atom. The molecule has 2 saturated heterocycles. The summed E-state index contributed by atoms with van der Waals surface area (Å²) in [6.45, 7) is 5.80. The Morgan fingerprint density at radius 3 is 2.85 bits per heavy atom. The summed E-state index contributed by atoms with van der Waals surface area (Å²) in [5, 5.41) is 4.65. The van der Waals surface area contributed by atoms with Crippen LogP contribution in [0.5, 0.6) is 0 Å². The van der Waals surface area contributed by atoms with Crippen LogP contribution in [0.25, 0.3) is 10.9 Å². The number of halogens is 1. The second-order valence-electron chi connectivity index (χ2n) is 11.2. The van der Waals surface area contributed by atoms with Gasteiger partial charge in [-0.2, -0.15) is 0 Å². The maximum absolute atomic E-state index is 14.1. The zero-order valence-electron chi connectivity index (χ0n) is 22.7. The molecule has 0 saturated carbocycles. The van der Waals surface area contributed by atoms with Crippen molar-refractivity contribution >= 4 is 40.2 Å². The molecule has 3 atom stereocenters. The molecule has 10 nitrogen and oxygen atoms in total. The molecule has 3 aliphatic rings. The van der Waals surface area contributed by atoms with E-state index in [0.29, 0.717) is 57.3 Å². The number of carbonyl (C=O) groups excluding carboxylic acids is 3. The maximum atomic E-state index is 14.1. The third kappa shape index (κ3) is 4.77. The number of piperidine rings is 1. The topological polar surface area (TPSA) is 113 Å². The minimum absolute atomic E-state index is 0.0126. The number of nitrogens with one attached hydrogen (secondary N) is 2. The van der Waals surface area contributed by atoms with Crippen LogP contribution in [0.15, 0.2) is 36.9 Å². The lowest BCUT2D eigenvalue weighted by molar-refractivity contribution is -0.166. The van der Waals surface area contributed by atoms with Gasteiger partial charge in [-0.25, -0.2) is 4.98 Å². The van der Waals surface area contributed by atoms with Crippen LogP contribution in [0.1, 0.15) is 37.4 Å². The van der Waals surface area contributed by atoms with Gasteiger partial charge in [-0.15, -0.1) is 0 Å². The number of imidazole rings is 1. The van der Waals surface area contributed by atoms with Crippen LogP contribution < -0.4 is 5.32 Å². The highest BCUT2D eigenvalue weighted by Crippen LogP contribution is 2.50. The molecule has 2 N–H and O–H groups in total. The zero-order valence-corrected chi connectivity index (χ0v) is 23.5. The average molecular weight is 567 g/mol. The van der Waals surface area contributed by atoms with Crippen LogP contribution in [0.2, 0.25) is 5.02 Å². The SMILES string of the molecule is C[C@]12c3[nH]c4ccc(Cl)cc4c3CCN1C(=O)[C@@H](CC(=O)NCCCn1ccnc1)C[C@@H]2C(=O)N1CCOCC1. The molecular formula is C29H35ClN6O4. The number of fused-ring (bicyclic) bond motifs is 5. The lowest BCUT2D eigenvalue weighted by Crippen LogP contribution is -2.65. The fraction of sp³-hybridized carbons (Fsp3) is 0.517. The van der Waals surface area contributed by atoms with Crippen molar-refractivity contribution in [2.75, 3.05) is 39.4 Å². The highest BCUT2D eigenvalue weighted by Gasteiger charge is 2.57. The smallest absolute Gasteiger partial charge is 0.228 e. The molecule has 3 aromatic rings. The second kappa shape index (κ2) is 10.9. The summed E-state index contributed by atoms with van der Waals surface area (Å²) in [6.07, 6.45) is 7.16. The van der Waals surface area contributed by atoms with Crippen molar-refractivity contribution in [3.05, 3.63) is 53.2 Å². The van der Waals surface area contributed by atoms with Gasteiger partial charge >= 0.3 is 0 Å². The van der Waals surface area contributed by atoms with E-state index in [1.165, 1.54) is 0 Å². The molecule has 0 radical (unpaired) electrons. The van der Waals surface area contributed by atoms with Gasteiger partial charge < -0.3 is 29.4 Å². The van der Waals surface area contributed by atoms with E-state index in [4.69, 9.17) is 16.3 Å². The molecule has 2 aromatic heterocycles. The average Bonchev–Trinajstić information content (AvgIpc) is 3.61. The lowest BCUT2D eigenvalue weighted by Gasteiger charge is -2.54. The molecule has 0 bridgehead atoms. The van der Waals surface area contributed by atoms with Crippen LogP contribution in [0, 0.1) is 11.8 Å². The van der Waals surface area contributed by atoms with Gasteiger partial charge in [-0.05, 0) is 49.9 Å². The van der Waals surface area contributed by atoms with Gasteiger partial charge in [0, 0.05) is 79.1 Å². The highest BCUT2D eigenvalue weighted by molar-refractivity contribution is 6.31. The van der Waals surface area contributed by atoms with E-state index in [-0.39, 0.29) is 24.1 Å². The summed E-state index contributed by atoms with van der Waals surface area (Å²) in [4.78, 5) is 52.4. The monoisotopic (exact) mass is 566 g/mol. The van der Waals surface area contributed by atoms with Crippen LogP contribution in [0.4, 0.5) is 0 Å². The third-order valence-electron chi connectivity index (χ3n) is 8.86. The predicted octanol–water partition coefficient (Wildman–Crippen LogP) is 2.71. The first kappa shape index (κ1) is 26.8. The number of benzene rings is 1. The largest absolute Gasteiger partial charge is 0.378 e. The number of amides is 3. The summed E-state index contributed by atoms with van der Waals surface area (Å²) in [6, 6.07) is 5.75. The molecule has 3 aliphatic heterocycles. The molecule has 1 aromatic carbocycles. The van der Waals surface area contributed by atoms with Crippen molar-refractivity contribution < 1.29 is 19.1 Å². The minimum atomic E-state index is -0.858. The molecule has 3 amide bonds. The number of H-pyrrole nitrogens is 1. The standard InChI is InChI=1S/C29H35ClN6O4/c1-29-23(28(39)35-11-13-40-14-12-35)15-19(16-25(37)32-6-2-8-34-10-7-31-18-34)27(38)36(29)9-5-21-22-17-20(30)3-4-24(22)33-26(21)29/h3-4,7,10,17-19,23,33H,2,5-6,8-9,11-16H2,1H3,(H,32,37)/t19-,23-,29+/m1/s1. The van der Waals surface area contributed by atoms with Gasteiger partial charge in [0.25, 0.3) is 0 Å². The molecule has 5 heterocycles. The van der Waals surface area contributed by atoms with E-state index in [1.54, 1.807) is 12.5 Å². The molecule has 2 fully saturated rings. The van der Waals surface area contributed by atoms with Crippen LogP contribution >= 0.6 is 11.6 Å². The molecule has 0 aliphatic carbocycles. The molecule has 212 valence electrons. The summed E-state index contributed by atoms with van der Waals surface area (Å²) < 4.78 is 7.46. The van der Waals surface area contributed by atoms with Crippen molar-refractivity contribution in [3.8, 4) is 0 Å². The second-order valence-corrected chi connectivity index (χ2v) is 11.6. The van der Waals surface area contributed by atoms with E-state index in [0.717, 1.165) is 35.1 Å². The first-order valence-electron chi connectivity index (χ1n) is 14.1. The predicted molar refractivity (Wildman–Crippen MR) is 150 cm³/mol. The third-order valence-corrected chi connectivity index (χ3v) is 9.10. The minimum Gasteiger partial charge on any atom is -0.378 e. The number of hydrogen-bond acceptors (Lipinski definition) is 5.